The van der Waals surface area contributed by atoms with Crippen molar-refractivity contribution in [3.8, 4) is 22.3 Å². The molecule has 0 heterocycles. The molecule has 0 saturated heterocycles. The molecule has 0 radical (unpaired) electrons. The van der Waals surface area contributed by atoms with E-state index in [0.717, 1.165) is 18.6 Å². The highest BCUT2D eigenvalue weighted by Crippen LogP contribution is 2.39. The minimum Gasteiger partial charge on any atom is -0.222 e. The van der Waals surface area contributed by atoms with Crippen molar-refractivity contribution in [3.05, 3.63) is 82.9 Å². The average Bonchev–Trinajstić information content (AvgIpc) is 2.65. The van der Waals surface area contributed by atoms with Gasteiger partial charge in [0.05, 0.1) is 11.1 Å². The van der Waals surface area contributed by atoms with E-state index in [1.807, 2.05) is 6.92 Å². The molecule has 0 fully saturated rings. The average molecular weight is 478 g/mol. The summed E-state index contributed by atoms with van der Waals surface area (Å²) in [4.78, 5) is 0. The number of halogens is 9. The number of hydrogen-bond donors (Lipinski definition) is 0. The number of ether oxygens (including phenoxy) is 1. The van der Waals surface area contributed by atoms with E-state index in [4.69, 9.17) is 0 Å². The molecule has 0 amide bonds. The van der Waals surface area contributed by atoms with Crippen molar-refractivity contribution >= 4 is 0 Å². The molecule has 0 atom stereocenters. The number of alkyl halides is 5. The van der Waals surface area contributed by atoms with Crippen molar-refractivity contribution in [1.82, 2.24) is 0 Å². The highest BCUT2D eigenvalue weighted by molar-refractivity contribution is 5.72. The summed E-state index contributed by atoms with van der Waals surface area (Å²) < 4.78 is 124. The van der Waals surface area contributed by atoms with Gasteiger partial charge >= 0.3 is 12.5 Å². The van der Waals surface area contributed by atoms with Gasteiger partial charge in [0.2, 0.25) is 0 Å². The minimum absolute atomic E-state index is 0.0929. The Kier molecular flexibility index (Phi) is 6.78. The maximum Gasteiger partial charge on any atom is 0.527 e. The van der Waals surface area contributed by atoms with Crippen molar-refractivity contribution < 1.29 is 44.3 Å². The molecule has 10 heteroatoms. The third-order valence-corrected chi connectivity index (χ3v) is 4.74. The zero-order valence-electron chi connectivity index (χ0n) is 16.8. The molecule has 176 valence electrons. The Labute approximate surface area is 182 Å². The lowest BCUT2D eigenvalue weighted by atomic mass is 9.96. The summed E-state index contributed by atoms with van der Waals surface area (Å²) >= 11 is 0. The minimum atomic E-state index is -5.76. The van der Waals surface area contributed by atoms with E-state index in [1.165, 1.54) is 12.1 Å². The highest BCUT2D eigenvalue weighted by atomic mass is 19.4. The molecule has 3 rings (SSSR count). The van der Waals surface area contributed by atoms with Gasteiger partial charge in [0, 0.05) is 5.56 Å². The van der Waals surface area contributed by atoms with Crippen LogP contribution in [0.5, 0.6) is 0 Å². The molecule has 0 saturated carbocycles. The van der Waals surface area contributed by atoms with Crippen molar-refractivity contribution in [2.24, 2.45) is 0 Å². The first kappa shape index (κ1) is 24.6. The molecule has 1 nitrogen and oxygen atoms in total. The van der Waals surface area contributed by atoms with Gasteiger partial charge in [-0.2, -0.15) is 8.78 Å². The fourth-order valence-electron chi connectivity index (χ4n) is 3.35. The Morgan fingerprint density at radius 3 is 1.82 bits per heavy atom. The van der Waals surface area contributed by atoms with E-state index >= 15 is 0 Å². The number of aryl methyl sites for hydroxylation is 1. The fraction of sp³-hybridized carbons (Fsp3) is 0.217. The number of rotatable bonds is 6. The lowest BCUT2D eigenvalue weighted by molar-refractivity contribution is -0.432. The Morgan fingerprint density at radius 2 is 1.30 bits per heavy atom. The first-order valence-corrected chi connectivity index (χ1v) is 9.55. The van der Waals surface area contributed by atoms with Gasteiger partial charge in [-0.15, -0.1) is 13.2 Å². The fourth-order valence-corrected chi connectivity index (χ4v) is 3.35. The Morgan fingerprint density at radius 1 is 0.697 bits per heavy atom. The maximum absolute atomic E-state index is 14.7. The first-order chi connectivity index (χ1) is 15.3. The second-order valence-corrected chi connectivity index (χ2v) is 7.14. The van der Waals surface area contributed by atoms with Gasteiger partial charge in [-0.1, -0.05) is 31.5 Å². The second kappa shape index (κ2) is 9.09. The largest absolute Gasteiger partial charge is 0.527 e. The van der Waals surface area contributed by atoms with E-state index in [-0.39, 0.29) is 23.3 Å². The summed E-state index contributed by atoms with van der Waals surface area (Å²) in [5, 5.41) is 0. The molecule has 0 aliphatic rings. The topological polar surface area (TPSA) is 9.23 Å². The molecular formula is C23H15F9O. The third-order valence-electron chi connectivity index (χ3n) is 4.74. The monoisotopic (exact) mass is 478 g/mol. The van der Waals surface area contributed by atoms with Crippen LogP contribution in [0.2, 0.25) is 0 Å². The molecule has 33 heavy (non-hydrogen) atoms. The van der Waals surface area contributed by atoms with E-state index < -0.39 is 52.4 Å². The van der Waals surface area contributed by atoms with Crippen LogP contribution in [0.4, 0.5) is 39.5 Å². The molecule has 0 aliphatic heterocycles. The predicted octanol–water partition coefficient (Wildman–Crippen LogP) is 8.12. The zero-order chi connectivity index (χ0) is 24.6. The van der Waals surface area contributed by atoms with E-state index in [9.17, 15) is 39.5 Å². The number of hydrogen-bond acceptors (Lipinski definition) is 1. The molecule has 0 spiro atoms. The molecule has 0 bridgehead atoms. The van der Waals surface area contributed by atoms with Crippen LogP contribution >= 0.6 is 0 Å². The summed E-state index contributed by atoms with van der Waals surface area (Å²) in [6, 6.07) is 6.86. The summed E-state index contributed by atoms with van der Waals surface area (Å²) in [5.74, 6) is -5.10. The van der Waals surface area contributed by atoms with Gasteiger partial charge in [-0.25, -0.2) is 22.3 Å². The van der Waals surface area contributed by atoms with Crippen molar-refractivity contribution in [2.75, 3.05) is 0 Å². The summed E-state index contributed by atoms with van der Waals surface area (Å²) in [6.45, 7) is 1.90. The van der Waals surface area contributed by atoms with Crippen LogP contribution in [0.1, 0.15) is 24.5 Å². The van der Waals surface area contributed by atoms with Gasteiger partial charge in [0.25, 0.3) is 0 Å². The van der Waals surface area contributed by atoms with Crippen LogP contribution in [0.25, 0.3) is 22.3 Å². The van der Waals surface area contributed by atoms with E-state index in [0.29, 0.717) is 18.1 Å². The zero-order valence-corrected chi connectivity index (χ0v) is 16.8. The van der Waals surface area contributed by atoms with Gasteiger partial charge in [0.1, 0.15) is 23.3 Å². The van der Waals surface area contributed by atoms with Crippen molar-refractivity contribution in [3.63, 3.8) is 0 Å². The highest BCUT2D eigenvalue weighted by Gasteiger charge is 2.47. The third kappa shape index (κ3) is 5.50. The lowest BCUT2D eigenvalue weighted by Gasteiger charge is -2.19. The molecule has 0 N–H and O–H groups in total. The Balaban J connectivity index is 1.99. The Bertz CT molecular complexity index is 1150. The maximum atomic E-state index is 14.7. The van der Waals surface area contributed by atoms with Gasteiger partial charge in [-0.05, 0) is 53.4 Å². The summed E-state index contributed by atoms with van der Waals surface area (Å²) in [5.41, 5.74) is -2.71. The van der Waals surface area contributed by atoms with Crippen LogP contribution in [0.3, 0.4) is 0 Å². The molecular weight excluding hydrogens is 463 g/mol. The molecule has 0 aliphatic carbocycles. The van der Waals surface area contributed by atoms with E-state index in [2.05, 4.69) is 4.74 Å². The van der Waals surface area contributed by atoms with Crippen LogP contribution in [-0.4, -0.2) is 6.36 Å². The first-order valence-electron chi connectivity index (χ1n) is 9.55. The quantitative estimate of drug-likeness (QED) is 0.325. The van der Waals surface area contributed by atoms with Gasteiger partial charge < -0.3 is 0 Å². The number of benzene rings is 3. The molecule has 0 unspecified atom stereocenters. The van der Waals surface area contributed by atoms with Crippen LogP contribution < -0.4 is 0 Å². The SMILES string of the molecule is CCCc1ccc(-c2cc(F)c(-c3ccc(C(F)(F)OC(F)(F)F)c(F)c3)c(F)c2)c(F)c1. The van der Waals surface area contributed by atoms with E-state index in [1.54, 1.807) is 6.07 Å². The molecule has 3 aromatic carbocycles. The molecule has 3 aromatic rings. The normalized spacial score (nSPS) is 12.3. The standard InChI is InChI=1S/C23H15F9O/c1-2-3-12-4-6-15(17(24)8-12)14-10-19(26)21(20(27)11-14)13-5-7-16(18(25)9-13)22(28,29)33-23(30,31)32/h4-11H,2-3H2,1H3. The van der Waals surface area contributed by atoms with Gasteiger partial charge in [0.15, 0.2) is 0 Å². The van der Waals surface area contributed by atoms with Crippen LogP contribution in [0, 0.1) is 23.3 Å². The van der Waals surface area contributed by atoms with Crippen molar-refractivity contribution in [2.45, 2.75) is 32.2 Å². The molecule has 0 aromatic heterocycles. The Hall–Kier alpha value is -3.01. The summed E-state index contributed by atoms with van der Waals surface area (Å²) in [6.07, 6.45) is -9.45. The summed E-state index contributed by atoms with van der Waals surface area (Å²) in [7, 11) is 0. The van der Waals surface area contributed by atoms with Crippen LogP contribution in [0.15, 0.2) is 48.5 Å². The lowest BCUT2D eigenvalue weighted by Crippen LogP contribution is -2.28. The predicted molar refractivity (Wildman–Crippen MR) is 102 cm³/mol. The second-order valence-electron chi connectivity index (χ2n) is 7.14. The van der Waals surface area contributed by atoms with Gasteiger partial charge in [-0.3, -0.25) is 0 Å². The van der Waals surface area contributed by atoms with Crippen LogP contribution in [-0.2, 0) is 17.3 Å². The van der Waals surface area contributed by atoms with Crippen molar-refractivity contribution in [1.29, 1.82) is 0 Å². The smallest absolute Gasteiger partial charge is 0.222 e.